The van der Waals surface area contributed by atoms with Crippen LogP contribution in [0.1, 0.15) is 5.56 Å². The normalized spacial score (nSPS) is 10.4. The highest BCUT2D eigenvalue weighted by atomic mass is 16.5. The van der Waals surface area contributed by atoms with Crippen molar-refractivity contribution in [1.29, 1.82) is 0 Å². The minimum absolute atomic E-state index is 0.370. The molecular formula is C16H14N4O3. The van der Waals surface area contributed by atoms with E-state index in [0.29, 0.717) is 18.1 Å². The molecule has 0 saturated heterocycles. The first kappa shape index (κ1) is 14.7. The molecule has 0 atom stereocenters. The van der Waals surface area contributed by atoms with Crippen molar-refractivity contribution in [3.63, 3.8) is 0 Å². The van der Waals surface area contributed by atoms with Gasteiger partial charge in [-0.2, -0.15) is 4.80 Å². The van der Waals surface area contributed by atoms with E-state index >= 15 is 0 Å². The summed E-state index contributed by atoms with van der Waals surface area (Å²) >= 11 is 0. The summed E-state index contributed by atoms with van der Waals surface area (Å²) < 4.78 is 5.08. The lowest BCUT2D eigenvalue weighted by Gasteiger charge is -2.03. The molecule has 0 spiro atoms. The molecule has 0 amide bonds. The fourth-order valence-corrected chi connectivity index (χ4v) is 2.02. The van der Waals surface area contributed by atoms with Crippen LogP contribution in [0.5, 0.6) is 5.75 Å². The highest BCUT2D eigenvalue weighted by Crippen LogP contribution is 2.18. The van der Waals surface area contributed by atoms with Gasteiger partial charge in [-0.15, -0.1) is 10.2 Å². The third-order valence-electron chi connectivity index (χ3n) is 3.09. The molecule has 3 rings (SSSR count). The standard InChI is InChI=1S/C16H14N4O3/c21-15(22)11-23-14-8-6-13(7-9-14)16-17-19-20(18-16)10-12-4-2-1-3-5-12/h1-9H,10-11H2,(H,21,22). The van der Waals surface area contributed by atoms with Gasteiger partial charge in [0.15, 0.2) is 6.61 Å². The average Bonchev–Trinajstić information content (AvgIpc) is 3.03. The summed E-state index contributed by atoms with van der Waals surface area (Å²) in [6.07, 6.45) is 0. The van der Waals surface area contributed by atoms with Gasteiger partial charge in [0.1, 0.15) is 5.75 Å². The highest BCUT2D eigenvalue weighted by molar-refractivity contribution is 5.68. The molecule has 0 fully saturated rings. The van der Waals surface area contributed by atoms with Gasteiger partial charge in [0.25, 0.3) is 0 Å². The van der Waals surface area contributed by atoms with Gasteiger partial charge in [0.05, 0.1) is 6.54 Å². The highest BCUT2D eigenvalue weighted by Gasteiger charge is 2.07. The van der Waals surface area contributed by atoms with Crippen molar-refractivity contribution >= 4 is 5.97 Å². The van der Waals surface area contributed by atoms with Gasteiger partial charge >= 0.3 is 5.97 Å². The Balaban J connectivity index is 1.69. The van der Waals surface area contributed by atoms with Gasteiger partial charge in [-0.3, -0.25) is 0 Å². The molecule has 0 aliphatic heterocycles. The summed E-state index contributed by atoms with van der Waals surface area (Å²) in [6, 6.07) is 16.8. The van der Waals surface area contributed by atoms with Crippen LogP contribution in [0.25, 0.3) is 11.4 Å². The number of nitrogens with zero attached hydrogens (tertiary/aromatic N) is 4. The number of hydrogen-bond donors (Lipinski definition) is 1. The fraction of sp³-hybridized carbons (Fsp3) is 0.125. The average molecular weight is 310 g/mol. The van der Waals surface area contributed by atoms with Crippen molar-refractivity contribution in [2.45, 2.75) is 6.54 Å². The van der Waals surface area contributed by atoms with E-state index in [-0.39, 0.29) is 6.61 Å². The van der Waals surface area contributed by atoms with E-state index < -0.39 is 5.97 Å². The maximum atomic E-state index is 10.5. The van der Waals surface area contributed by atoms with Crippen LogP contribution in [-0.2, 0) is 11.3 Å². The maximum absolute atomic E-state index is 10.5. The van der Waals surface area contributed by atoms with E-state index in [1.807, 2.05) is 30.3 Å². The molecule has 0 radical (unpaired) electrons. The molecule has 1 aromatic heterocycles. The smallest absolute Gasteiger partial charge is 0.341 e. The van der Waals surface area contributed by atoms with E-state index in [4.69, 9.17) is 9.84 Å². The Morgan fingerprint density at radius 2 is 1.83 bits per heavy atom. The van der Waals surface area contributed by atoms with Gasteiger partial charge in [0.2, 0.25) is 5.82 Å². The molecule has 1 N–H and O–H groups in total. The Morgan fingerprint density at radius 3 is 2.52 bits per heavy atom. The van der Waals surface area contributed by atoms with Crippen LogP contribution in [0, 0.1) is 0 Å². The van der Waals surface area contributed by atoms with Crippen LogP contribution in [0.2, 0.25) is 0 Å². The quantitative estimate of drug-likeness (QED) is 0.747. The molecule has 3 aromatic rings. The zero-order valence-corrected chi connectivity index (χ0v) is 12.2. The monoisotopic (exact) mass is 310 g/mol. The number of rotatable bonds is 6. The Hall–Kier alpha value is -3.22. The summed E-state index contributed by atoms with van der Waals surface area (Å²) in [5.74, 6) is -0.0295. The van der Waals surface area contributed by atoms with Crippen LogP contribution in [-0.4, -0.2) is 37.9 Å². The second-order valence-corrected chi connectivity index (χ2v) is 4.84. The van der Waals surface area contributed by atoms with Crippen molar-refractivity contribution < 1.29 is 14.6 Å². The first-order chi connectivity index (χ1) is 11.2. The molecule has 116 valence electrons. The van der Waals surface area contributed by atoms with E-state index in [0.717, 1.165) is 11.1 Å². The SMILES string of the molecule is O=C(O)COc1ccc(-c2nnn(Cc3ccccc3)n2)cc1. The molecular weight excluding hydrogens is 296 g/mol. The predicted molar refractivity (Wildman–Crippen MR) is 81.9 cm³/mol. The molecule has 7 nitrogen and oxygen atoms in total. The molecule has 0 saturated carbocycles. The number of aliphatic carboxylic acids is 1. The third-order valence-corrected chi connectivity index (χ3v) is 3.09. The van der Waals surface area contributed by atoms with Gasteiger partial charge in [-0.25, -0.2) is 4.79 Å². The molecule has 7 heteroatoms. The van der Waals surface area contributed by atoms with Crippen molar-refractivity contribution in [3.8, 4) is 17.1 Å². The zero-order valence-electron chi connectivity index (χ0n) is 12.2. The van der Waals surface area contributed by atoms with E-state index in [1.54, 1.807) is 24.3 Å². The molecule has 0 bridgehead atoms. The van der Waals surface area contributed by atoms with Crippen molar-refractivity contribution in [1.82, 2.24) is 20.2 Å². The topological polar surface area (TPSA) is 90.1 Å². The van der Waals surface area contributed by atoms with Crippen LogP contribution >= 0.6 is 0 Å². The zero-order chi connectivity index (χ0) is 16.1. The summed E-state index contributed by atoms with van der Waals surface area (Å²) in [4.78, 5) is 12.0. The number of tetrazole rings is 1. The fourth-order valence-electron chi connectivity index (χ4n) is 2.02. The lowest BCUT2D eigenvalue weighted by Crippen LogP contribution is -2.09. The number of carboxylic acids is 1. The Bertz CT molecular complexity index is 785. The minimum Gasteiger partial charge on any atom is -0.482 e. The van der Waals surface area contributed by atoms with Crippen molar-refractivity contribution in [2.24, 2.45) is 0 Å². The van der Waals surface area contributed by atoms with Crippen LogP contribution in [0.15, 0.2) is 54.6 Å². The summed E-state index contributed by atoms with van der Waals surface area (Å²) in [7, 11) is 0. The van der Waals surface area contributed by atoms with Gasteiger partial charge in [0, 0.05) is 5.56 Å². The summed E-state index contributed by atoms with van der Waals surface area (Å²) in [6.45, 7) is 0.179. The molecule has 23 heavy (non-hydrogen) atoms. The van der Waals surface area contributed by atoms with Crippen LogP contribution in [0.4, 0.5) is 0 Å². The first-order valence-electron chi connectivity index (χ1n) is 6.97. The second kappa shape index (κ2) is 6.69. The molecule has 0 aliphatic carbocycles. The number of benzene rings is 2. The second-order valence-electron chi connectivity index (χ2n) is 4.84. The van der Waals surface area contributed by atoms with E-state index in [9.17, 15) is 4.79 Å². The molecule has 0 aliphatic rings. The minimum atomic E-state index is -1.01. The van der Waals surface area contributed by atoms with E-state index in [1.165, 1.54) is 4.80 Å². The van der Waals surface area contributed by atoms with Gasteiger partial charge < -0.3 is 9.84 Å². The van der Waals surface area contributed by atoms with Crippen LogP contribution < -0.4 is 4.74 Å². The molecule has 0 unspecified atom stereocenters. The summed E-state index contributed by atoms with van der Waals surface area (Å²) in [5.41, 5.74) is 1.88. The molecule has 1 heterocycles. The predicted octanol–water partition coefficient (Wildman–Crippen LogP) is 1.85. The van der Waals surface area contributed by atoms with E-state index in [2.05, 4.69) is 15.4 Å². The first-order valence-corrected chi connectivity index (χ1v) is 6.97. The Kier molecular flexibility index (Phi) is 4.28. The lowest BCUT2D eigenvalue weighted by atomic mass is 10.2. The maximum Gasteiger partial charge on any atom is 0.341 e. The van der Waals surface area contributed by atoms with Crippen molar-refractivity contribution in [3.05, 3.63) is 60.2 Å². The van der Waals surface area contributed by atoms with Gasteiger partial charge in [-0.05, 0) is 35.0 Å². The Morgan fingerprint density at radius 1 is 1.09 bits per heavy atom. The number of aromatic nitrogens is 4. The Labute approximate surface area is 132 Å². The number of carbonyl (C=O) groups is 1. The van der Waals surface area contributed by atoms with Crippen LogP contribution in [0.3, 0.4) is 0 Å². The third kappa shape index (κ3) is 3.91. The largest absolute Gasteiger partial charge is 0.482 e. The molecule has 2 aromatic carbocycles. The lowest BCUT2D eigenvalue weighted by molar-refractivity contribution is -0.139. The number of carboxylic acid groups (broad SMARTS) is 1. The number of hydrogen-bond acceptors (Lipinski definition) is 5. The van der Waals surface area contributed by atoms with Gasteiger partial charge in [-0.1, -0.05) is 30.3 Å². The van der Waals surface area contributed by atoms with Crippen molar-refractivity contribution in [2.75, 3.05) is 6.61 Å². The number of ether oxygens (including phenoxy) is 1. The summed E-state index contributed by atoms with van der Waals surface area (Å²) in [5, 5.41) is 21.0.